The van der Waals surface area contributed by atoms with Crippen LogP contribution in [0.3, 0.4) is 0 Å². The topological polar surface area (TPSA) is 24.1 Å². The molecule has 3 rings (SSSR count). The predicted molar refractivity (Wildman–Crippen MR) is 92.8 cm³/mol. The molecule has 1 aliphatic heterocycles. The molecule has 2 N–H and O–H groups in total. The zero-order chi connectivity index (χ0) is 14.5. The van der Waals surface area contributed by atoms with Crippen LogP contribution < -0.4 is 10.6 Å². The van der Waals surface area contributed by atoms with Crippen LogP contribution in [0.4, 0.5) is 0 Å². The Morgan fingerprint density at radius 3 is 2.24 bits per heavy atom. The van der Waals surface area contributed by atoms with Crippen molar-refractivity contribution in [2.24, 2.45) is 0 Å². The summed E-state index contributed by atoms with van der Waals surface area (Å²) in [6.45, 7) is 3.19. The Morgan fingerprint density at radius 1 is 0.952 bits per heavy atom. The quantitative estimate of drug-likeness (QED) is 0.897. The molecule has 0 aliphatic carbocycles. The summed E-state index contributed by atoms with van der Waals surface area (Å²) >= 11 is 7.89. The van der Waals surface area contributed by atoms with Gasteiger partial charge in [-0.3, -0.25) is 0 Å². The van der Waals surface area contributed by atoms with E-state index in [4.69, 9.17) is 11.6 Å². The Labute approximate surface area is 135 Å². The molecule has 0 radical (unpaired) electrons. The van der Waals surface area contributed by atoms with Crippen LogP contribution in [-0.2, 0) is 5.75 Å². The lowest BCUT2D eigenvalue weighted by Gasteiger charge is -2.23. The van der Waals surface area contributed by atoms with Gasteiger partial charge in [0, 0.05) is 30.4 Å². The molecule has 1 atom stereocenters. The first-order valence-corrected chi connectivity index (χ1v) is 8.64. The third kappa shape index (κ3) is 4.24. The van der Waals surface area contributed by atoms with E-state index in [0.29, 0.717) is 5.37 Å². The molecule has 0 bridgehead atoms. The lowest BCUT2D eigenvalue weighted by Crippen LogP contribution is -2.46. The van der Waals surface area contributed by atoms with E-state index in [1.165, 1.54) is 16.7 Å². The van der Waals surface area contributed by atoms with E-state index >= 15 is 0 Å². The molecule has 1 saturated heterocycles. The van der Waals surface area contributed by atoms with Crippen LogP contribution in [0, 0.1) is 0 Å². The van der Waals surface area contributed by atoms with Gasteiger partial charge in [0.2, 0.25) is 0 Å². The van der Waals surface area contributed by atoms with Gasteiger partial charge in [0.1, 0.15) is 0 Å². The summed E-state index contributed by atoms with van der Waals surface area (Å²) in [6.07, 6.45) is 0. The van der Waals surface area contributed by atoms with E-state index < -0.39 is 0 Å². The minimum absolute atomic E-state index is 0.523. The first-order valence-electron chi connectivity index (χ1n) is 7.22. The first kappa shape index (κ1) is 14.9. The standard InChI is InChI=1S/C17H19ClN2S/c18-16-7-5-15(6-8-16)14-3-1-13(2-4-14)12-21-17-11-19-9-10-20-17/h1-8,17,19-20H,9-12H2. The average molecular weight is 319 g/mol. The van der Waals surface area contributed by atoms with Crippen LogP contribution in [0.25, 0.3) is 11.1 Å². The van der Waals surface area contributed by atoms with Crippen molar-refractivity contribution in [3.63, 3.8) is 0 Å². The zero-order valence-electron chi connectivity index (χ0n) is 11.8. The molecule has 21 heavy (non-hydrogen) atoms. The molecule has 2 aromatic rings. The molecule has 1 aliphatic rings. The van der Waals surface area contributed by atoms with Crippen molar-refractivity contribution in [3.8, 4) is 11.1 Å². The Hall–Kier alpha value is -1.00. The number of nitrogens with one attached hydrogen (secondary N) is 2. The van der Waals surface area contributed by atoms with Crippen molar-refractivity contribution in [2.75, 3.05) is 19.6 Å². The monoisotopic (exact) mass is 318 g/mol. The maximum Gasteiger partial charge on any atom is 0.0662 e. The van der Waals surface area contributed by atoms with Crippen molar-refractivity contribution in [3.05, 3.63) is 59.1 Å². The number of thioether (sulfide) groups is 1. The molecule has 0 aromatic heterocycles. The van der Waals surface area contributed by atoms with Crippen LogP contribution >= 0.6 is 23.4 Å². The molecule has 2 nitrogen and oxygen atoms in total. The third-order valence-electron chi connectivity index (χ3n) is 3.59. The molecule has 1 heterocycles. The van der Waals surface area contributed by atoms with Crippen molar-refractivity contribution in [1.82, 2.24) is 10.6 Å². The molecular weight excluding hydrogens is 300 g/mol. The third-order valence-corrected chi connectivity index (χ3v) is 5.07. The number of halogens is 1. The van der Waals surface area contributed by atoms with Crippen LogP contribution in [0.2, 0.25) is 5.02 Å². The van der Waals surface area contributed by atoms with Gasteiger partial charge in [0.05, 0.1) is 5.37 Å². The van der Waals surface area contributed by atoms with E-state index in [1.807, 2.05) is 23.9 Å². The minimum atomic E-state index is 0.523. The molecule has 4 heteroatoms. The molecule has 0 amide bonds. The first-order chi connectivity index (χ1) is 10.3. The maximum absolute atomic E-state index is 5.93. The van der Waals surface area contributed by atoms with Gasteiger partial charge in [-0.2, -0.15) is 0 Å². The second-order valence-corrected chi connectivity index (χ2v) is 6.79. The molecule has 110 valence electrons. The Bertz CT molecular complexity index is 562. The van der Waals surface area contributed by atoms with Gasteiger partial charge in [-0.25, -0.2) is 0 Å². The van der Waals surface area contributed by atoms with E-state index in [0.717, 1.165) is 30.4 Å². The van der Waals surface area contributed by atoms with Gasteiger partial charge in [-0.15, -0.1) is 11.8 Å². The molecule has 2 aromatic carbocycles. The van der Waals surface area contributed by atoms with Gasteiger partial charge < -0.3 is 10.6 Å². The number of hydrogen-bond donors (Lipinski definition) is 2. The summed E-state index contributed by atoms with van der Waals surface area (Å²) in [7, 11) is 0. The Kier molecular flexibility index (Phi) is 5.20. The highest BCUT2D eigenvalue weighted by Crippen LogP contribution is 2.23. The fourth-order valence-corrected chi connectivity index (χ4v) is 3.56. The Balaban J connectivity index is 1.59. The summed E-state index contributed by atoms with van der Waals surface area (Å²) in [5.74, 6) is 1.04. The van der Waals surface area contributed by atoms with E-state index in [2.05, 4.69) is 47.0 Å². The average Bonchev–Trinajstić information content (AvgIpc) is 2.55. The lowest BCUT2D eigenvalue weighted by atomic mass is 10.0. The highest BCUT2D eigenvalue weighted by molar-refractivity contribution is 7.99. The van der Waals surface area contributed by atoms with Crippen LogP contribution in [-0.4, -0.2) is 25.0 Å². The fraction of sp³-hybridized carbons (Fsp3) is 0.294. The smallest absolute Gasteiger partial charge is 0.0662 e. The van der Waals surface area contributed by atoms with Crippen molar-refractivity contribution in [2.45, 2.75) is 11.1 Å². The molecule has 1 unspecified atom stereocenters. The summed E-state index contributed by atoms with van der Waals surface area (Å²) < 4.78 is 0. The molecule has 0 saturated carbocycles. The van der Waals surface area contributed by atoms with E-state index in [1.54, 1.807) is 0 Å². The normalized spacial score (nSPS) is 18.6. The molecule has 1 fully saturated rings. The lowest BCUT2D eigenvalue weighted by molar-refractivity contribution is 0.507. The zero-order valence-corrected chi connectivity index (χ0v) is 13.4. The van der Waals surface area contributed by atoms with Crippen LogP contribution in [0.1, 0.15) is 5.56 Å². The van der Waals surface area contributed by atoms with Crippen molar-refractivity contribution >= 4 is 23.4 Å². The number of rotatable bonds is 4. The summed E-state index contributed by atoms with van der Waals surface area (Å²) in [5, 5.41) is 8.23. The molecular formula is C17H19ClN2S. The van der Waals surface area contributed by atoms with Crippen LogP contribution in [0.5, 0.6) is 0 Å². The van der Waals surface area contributed by atoms with Gasteiger partial charge in [-0.1, -0.05) is 48.0 Å². The second kappa shape index (κ2) is 7.32. The van der Waals surface area contributed by atoms with Crippen molar-refractivity contribution in [1.29, 1.82) is 0 Å². The summed E-state index contributed by atoms with van der Waals surface area (Å²) in [5.41, 5.74) is 3.81. The number of piperazine rings is 1. The van der Waals surface area contributed by atoms with Gasteiger partial charge in [0.15, 0.2) is 0 Å². The Morgan fingerprint density at radius 2 is 1.62 bits per heavy atom. The van der Waals surface area contributed by atoms with Gasteiger partial charge in [0.25, 0.3) is 0 Å². The maximum atomic E-state index is 5.93. The number of benzene rings is 2. The SMILES string of the molecule is Clc1ccc(-c2ccc(CSC3CNCCN3)cc2)cc1. The van der Waals surface area contributed by atoms with Crippen LogP contribution in [0.15, 0.2) is 48.5 Å². The summed E-state index contributed by atoms with van der Waals surface area (Å²) in [6, 6.07) is 16.8. The van der Waals surface area contributed by atoms with E-state index in [9.17, 15) is 0 Å². The number of hydrogen-bond acceptors (Lipinski definition) is 3. The second-order valence-electron chi connectivity index (χ2n) is 5.16. The highest BCUT2D eigenvalue weighted by atomic mass is 35.5. The van der Waals surface area contributed by atoms with E-state index in [-0.39, 0.29) is 0 Å². The highest BCUT2D eigenvalue weighted by Gasteiger charge is 2.11. The van der Waals surface area contributed by atoms with Gasteiger partial charge >= 0.3 is 0 Å². The predicted octanol–water partition coefficient (Wildman–Crippen LogP) is 3.76. The van der Waals surface area contributed by atoms with Gasteiger partial charge in [-0.05, 0) is 28.8 Å². The fourth-order valence-electron chi connectivity index (χ4n) is 2.38. The summed E-state index contributed by atoms with van der Waals surface area (Å²) in [4.78, 5) is 0. The van der Waals surface area contributed by atoms with Crippen molar-refractivity contribution < 1.29 is 0 Å². The minimum Gasteiger partial charge on any atom is -0.313 e. The molecule has 0 spiro atoms. The largest absolute Gasteiger partial charge is 0.313 e.